The van der Waals surface area contributed by atoms with E-state index in [1.54, 1.807) is 19.5 Å². The van der Waals surface area contributed by atoms with Gasteiger partial charge in [-0.2, -0.15) is 0 Å². The summed E-state index contributed by atoms with van der Waals surface area (Å²) in [5.74, 6) is 0.0610. The zero-order valence-electron chi connectivity index (χ0n) is 18.5. The number of hydrogen-bond donors (Lipinski definition) is 0. The standard InChI is InChI=1S/C22H34N4O3S/c1-22(2,3)17-30(27,28)21-24-15-19(26(21)12-13-29-4)16-25-11-6-5-9-20(25)18-8-7-10-23-14-18/h7-8,10,14-15,20H,5-6,9,11-13,16-17H2,1-4H3/t20-/m1/s1. The van der Waals surface area contributed by atoms with Crippen molar-refractivity contribution in [2.45, 2.75) is 64.3 Å². The highest BCUT2D eigenvalue weighted by Crippen LogP contribution is 2.32. The molecule has 166 valence electrons. The Morgan fingerprint density at radius 2 is 2.03 bits per heavy atom. The normalized spacial score (nSPS) is 18.6. The average Bonchev–Trinajstić information content (AvgIpc) is 3.09. The summed E-state index contributed by atoms with van der Waals surface area (Å²) >= 11 is 0. The Morgan fingerprint density at radius 3 is 2.70 bits per heavy atom. The van der Waals surface area contributed by atoms with E-state index in [-0.39, 0.29) is 22.4 Å². The highest BCUT2D eigenvalue weighted by Gasteiger charge is 2.30. The number of likely N-dealkylation sites (tertiary alicyclic amines) is 1. The molecular formula is C22H34N4O3S. The van der Waals surface area contributed by atoms with E-state index in [1.807, 2.05) is 37.6 Å². The molecule has 3 heterocycles. The first-order valence-corrected chi connectivity index (χ1v) is 12.3. The van der Waals surface area contributed by atoms with E-state index < -0.39 is 9.84 Å². The highest BCUT2D eigenvalue weighted by molar-refractivity contribution is 7.91. The monoisotopic (exact) mass is 434 g/mol. The van der Waals surface area contributed by atoms with Gasteiger partial charge in [0.15, 0.2) is 0 Å². The first-order chi connectivity index (χ1) is 14.2. The molecule has 1 saturated heterocycles. The van der Waals surface area contributed by atoms with Gasteiger partial charge in [-0.25, -0.2) is 13.4 Å². The molecule has 0 saturated carbocycles. The van der Waals surface area contributed by atoms with E-state index in [0.29, 0.717) is 19.7 Å². The lowest BCUT2D eigenvalue weighted by Crippen LogP contribution is -2.34. The molecule has 0 unspecified atom stereocenters. The predicted octanol–water partition coefficient (Wildman–Crippen LogP) is 3.47. The van der Waals surface area contributed by atoms with Crippen molar-refractivity contribution < 1.29 is 13.2 Å². The molecule has 1 aliphatic rings. The molecule has 0 bridgehead atoms. The molecule has 0 aliphatic carbocycles. The van der Waals surface area contributed by atoms with E-state index in [0.717, 1.165) is 25.1 Å². The molecule has 2 aromatic heterocycles. The highest BCUT2D eigenvalue weighted by atomic mass is 32.2. The van der Waals surface area contributed by atoms with Crippen LogP contribution in [0.1, 0.15) is 57.3 Å². The van der Waals surface area contributed by atoms with Crippen molar-refractivity contribution >= 4 is 9.84 Å². The molecule has 0 aromatic carbocycles. The van der Waals surface area contributed by atoms with Gasteiger partial charge in [-0.05, 0) is 36.4 Å². The number of aromatic nitrogens is 3. The zero-order valence-corrected chi connectivity index (χ0v) is 19.4. The van der Waals surface area contributed by atoms with Gasteiger partial charge in [-0.1, -0.05) is 33.3 Å². The number of methoxy groups -OCH3 is 1. The Kier molecular flexibility index (Phi) is 7.31. The summed E-state index contributed by atoms with van der Waals surface area (Å²) in [6.45, 7) is 8.32. The van der Waals surface area contributed by atoms with Crippen LogP contribution in [0.3, 0.4) is 0 Å². The second kappa shape index (κ2) is 9.58. The molecule has 30 heavy (non-hydrogen) atoms. The maximum Gasteiger partial charge on any atom is 0.227 e. The lowest BCUT2D eigenvalue weighted by atomic mass is 9.96. The number of hydrogen-bond acceptors (Lipinski definition) is 6. The van der Waals surface area contributed by atoms with Crippen LogP contribution < -0.4 is 0 Å². The molecule has 2 aromatic rings. The average molecular weight is 435 g/mol. The molecular weight excluding hydrogens is 400 g/mol. The number of pyridine rings is 1. The third kappa shape index (κ3) is 5.68. The van der Waals surface area contributed by atoms with E-state index in [9.17, 15) is 8.42 Å². The largest absolute Gasteiger partial charge is 0.383 e. The SMILES string of the molecule is COCCn1c(CN2CCCC[C@@H]2c2cccnc2)cnc1S(=O)(=O)CC(C)(C)C. The first-order valence-electron chi connectivity index (χ1n) is 10.6. The zero-order chi connectivity index (χ0) is 21.8. The number of sulfone groups is 1. The van der Waals surface area contributed by atoms with Crippen LogP contribution in [0.15, 0.2) is 35.9 Å². The Morgan fingerprint density at radius 1 is 1.23 bits per heavy atom. The lowest BCUT2D eigenvalue weighted by molar-refractivity contribution is 0.134. The summed E-state index contributed by atoms with van der Waals surface area (Å²) in [6, 6.07) is 4.38. The van der Waals surface area contributed by atoms with Crippen LogP contribution in [-0.4, -0.2) is 53.9 Å². The van der Waals surface area contributed by atoms with Gasteiger partial charge in [-0.3, -0.25) is 9.88 Å². The summed E-state index contributed by atoms with van der Waals surface area (Å²) in [5.41, 5.74) is 1.78. The van der Waals surface area contributed by atoms with Crippen molar-refractivity contribution in [2.24, 2.45) is 5.41 Å². The van der Waals surface area contributed by atoms with E-state index in [1.165, 1.54) is 12.0 Å². The molecule has 1 atom stereocenters. The maximum absolute atomic E-state index is 13.1. The quantitative estimate of drug-likeness (QED) is 0.633. The molecule has 1 aliphatic heterocycles. The van der Waals surface area contributed by atoms with Crippen LogP contribution in [0, 0.1) is 5.41 Å². The van der Waals surface area contributed by atoms with E-state index in [2.05, 4.69) is 20.9 Å². The molecule has 0 radical (unpaired) electrons. The van der Waals surface area contributed by atoms with Gasteiger partial charge in [0.2, 0.25) is 15.0 Å². The lowest BCUT2D eigenvalue weighted by Gasteiger charge is -2.36. The molecule has 0 N–H and O–H groups in total. The summed E-state index contributed by atoms with van der Waals surface area (Å²) < 4.78 is 33.2. The molecule has 0 spiro atoms. The van der Waals surface area contributed by atoms with Gasteiger partial charge in [0, 0.05) is 38.6 Å². The molecule has 8 heteroatoms. The van der Waals surface area contributed by atoms with Gasteiger partial charge in [-0.15, -0.1) is 0 Å². The second-order valence-corrected chi connectivity index (χ2v) is 11.1. The topological polar surface area (TPSA) is 77.3 Å². The third-order valence-corrected chi connectivity index (χ3v) is 7.50. The van der Waals surface area contributed by atoms with Crippen molar-refractivity contribution in [2.75, 3.05) is 26.0 Å². The smallest absolute Gasteiger partial charge is 0.227 e. The van der Waals surface area contributed by atoms with Crippen molar-refractivity contribution in [3.05, 3.63) is 42.0 Å². The van der Waals surface area contributed by atoms with Crippen LogP contribution in [0.2, 0.25) is 0 Å². The minimum atomic E-state index is -3.50. The van der Waals surface area contributed by atoms with Gasteiger partial charge >= 0.3 is 0 Å². The van der Waals surface area contributed by atoms with Gasteiger partial charge in [0.1, 0.15) is 0 Å². The van der Waals surface area contributed by atoms with Gasteiger partial charge < -0.3 is 9.30 Å². The van der Waals surface area contributed by atoms with Crippen LogP contribution >= 0.6 is 0 Å². The van der Waals surface area contributed by atoms with Crippen molar-refractivity contribution in [3.63, 3.8) is 0 Å². The number of ether oxygens (including phenoxy) is 1. The van der Waals surface area contributed by atoms with Crippen molar-refractivity contribution in [3.8, 4) is 0 Å². The Labute approximate surface area is 180 Å². The first kappa shape index (κ1) is 22.9. The van der Waals surface area contributed by atoms with Crippen LogP contribution in [0.4, 0.5) is 0 Å². The predicted molar refractivity (Wildman–Crippen MR) is 117 cm³/mol. The van der Waals surface area contributed by atoms with E-state index >= 15 is 0 Å². The second-order valence-electron chi connectivity index (χ2n) is 9.26. The Hall–Kier alpha value is -1.77. The summed E-state index contributed by atoms with van der Waals surface area (Å²) in [4.78, 5) is 11.1. The molecule has 0 amide bonds. The van der Waals surface area contributed by atoms with Gasteiger partial charge in [0.25, 0.3) is 0 Å². The van der Waals surface area contributed by atoms with Crippen LogP contribution in [0.5, 0.6) is 0 Å². The molecule has 3 rings (SSSR count). The number of piperidine rings is 1. The summed E-state index contributed by atoms with van der Waals surface area (Å²) in [7, 11) is -1.87. The van der Waals surface area contributed by atoms with Crippen molar-refractivity contribution in [1.29, 1.82) is 0 Å². The van der Waals surface area contributed by atoms with Gasteiger partial charge in [0.05, 0.1) is 24.3 Å². The number of nitrogens with zero attached hydrogens (tertiary/aromatic N) is 4. The fourth-order valence-electron chi connectivity index (χ4n) is 4.16. The maximum atomic E-state index is 13.1. The summed E-state index contributed by atoms with van der Waals surface area (Å²) in [6.07, 6.45) is 8.85. The Balaban J connectivity index is 1.90. The van der Waals surface area contributed by atoms with Crippen molar-refractivity contribution in [1.82, 2.24) is 19.4 Å². The molecule has 1 fully saturated rings. The number of imidazole rings is 1. The van der Waals surface area contributed by atoms with E-state index in [4.69, 9.17) is 4.74 Å². The fourth-order valence-corrected chi connectivity index (χ4v) is 6.19. The van der Waals surface area contributed by atoms with Crippen LogP contribution in [-0.2, 0) is 27.7 Å². The van der Waals surface area contributed by atoms with Crippen LogP contribution in [0.25, 0.3) is 0 Å². The third-order valence-electron chi connectivity index (χ3n) is 5.37. The Bertz CT molecular complexity index is 920. The number of rotatable bonds is 8. The fraction of sp³-hybridized carbons (Fsp3) is 0.636. The minimum absolute atomic E-state index is 0.0610. The summed E-state index contributed by atoms with van der Waals surface area (Å²) in [5, 5.41) is 0.152. The molecule has 7 nitrogen and oxygen atoms in total. The minimum Gasteiger partial charge on any atom is -0.383 e.